The number of benzene rings is 3. The van der Waals surface area contributed by atoms with Crippen molar-refractivity contribution in [2.75, 3.05) is 6.61 Å². The molecule has 0 atom stereocenters. The van der Waals surface area contributed by atoms with Gasteiger partial charge >= 0.3 is 5.97 Å². The van der Waals surface area contributed by atoms with Gasteiger partial charge in [0.05, 0.1) is 24.3 Å². The molecule has 7 nitrogen and oxygen atoms in total. The molecule has 35 heavy (non-hydrogen) atoms. The normalized spacial score (nSPS) is 12.5. The quantitative estimate of drug-likeness (QED) is 0.230. The van der Waals surface area contributed by atoms with Crippen molar-refractivity contribution in [3.05, 3.63) is 107 Å². The van der Waals surface area contributed by atoms with Gasteiger partial charge in [0.25, 0.3) is 5.91 Å². The van der Waals surface area contributed by atoms with E-state index in [1.807, 2.05) is 48.5 Å². The first-order valence-electron chi connectivity index (χ1n) is 11.2. The second-order valence-electron chi connectivity index (χ2n) is 7.84. The standard InChI is InChI=1S/C28H22N2O5/c1-2-33-28(32)19-13-11-18(12-14-19)23-16-15-20(34-23)17-29-30-27(31)26-21-7-3-5-9-24(21)35-25-10-6-4-8-22(25)26/h3-17,26H,2H2,1H3,(H,30,31)/b29-17+. The van der Waals surface area contributed by atoms with Crippen LogP contribution in [-0.4, -0.2) is 24.7 Å². The number of furan rings is 1. The topological polar surface area (TPSA) is 90.1 Å². The Morgan fingerprint density at radius 2 is 1.57 bits per heavy atom. The van der Waals surface area contributed by atoms with Crippen LogP contribution in [0, 0.1) is 0 Å². The molecule has 3 aromatic carbocycles. The summed E-state index contributed by atoms with van der Waals surface area (Å²) in [5.74, 6) is 1.21. The van der Waals surface area contributed by atoms with Gasteiger partial charge in [-0.3, -0.25) is 4.79 Å². The average Bonchev–Trinajstić information content (AvgIpc) is 3.36. The predicted molar refractivity (Wildman–Crippen MR) is 131 cm³/mol. The highest BCUT2D eigenvalue weighted by atomic mass is 16.5. The van der Waals surface area contributed by atoms with Gasteiger partial charge in [-0.1, -0.05) is 48.5 Å². The van der Waals surface area contributed by atoms with Gasteiger partial charge in [-0.2, -0.15) is 5.10 Å². The van der Waals surface area contributed by atoms with E-state index in [9.17, 15) is 9.59 Å². The molecule has 0 saturated carbocycles. The molecule has 5 rings (SSSR count). The van der Waals surface area contributed by atoms with Gasteiger partial charge in [0.15, 0.2) is 0 Å². The molecule has 1 aliphatic rings. The SMILES string of the molecule is CCOC(=O)c1ccc(-c2ccc(/C=N/NC(=O)C3c4ccccc4Oc4ccccc43)o2)cc1. The molecule has 0 unspecified atom stereocenters. The Morgan fingerprint density at radius 3 is 2.23 bits per heavy atom. The van der Waals surface area contributed by atoms with Crippen LogP contribution < -0.4 is 10.2 Å². The zero-order chi connectivity index (χ0) is 24.2. The highest BCUT2D eigenvalue weighted by Crippen LogP contribution is 2.43. The van der Waals surface area contributed by atoms with E-state index < -0.39 is 5.92 Å². The van der Waals surface area contributed by atoms with E-state index in [0.717, 1.165) is 16.7 Å². The Morgan fingerprint density at radius 1 is 0.914 bits per heavy atom. The summed E-state index contributed by atoms with van der Waals surface area (Å²) >= 11 is 0. The van der Waals surface area contributed by atoms with E-state index in [0.29, 0.717) is 35.2 Å². The van der Waals surface area contributed by atoms with Crippen molar-refractivity contribution >= 4 is 18.1 Å². The molecular weight excluding hydrogens is 444 g/mol. The third-order valence-corrected chi connectivity index (χ3v) is 5.62. The minimum absolute atomic E-state index is 0.272. The largest absolute Gasteiger partial charge is 0.462 e. The van der Waals surface area contributed by atoms with Crippen LogP contribution in [0.1, 0.15) is 40.1 Å². The molecule has 0 bridgehead atoms. The third kappa shape index (κ3) is 4.56. The summed E-state index contributed by atoms with van der Waals surface area (Å²) < 4.78 is 16.8. The number of nitrogens with one attached hydrogen (secondary N) is 1. The van der Waals surface area contributed by atoms with Crippen molar-refractivity contribution < 1.29 is 23.5 Å². The van der Waals surface area contributed by atoms with Crippen LogP contribution in [0.25, 0.3) is 11.3 Å². The van der Waals surface area contributed by atoms with Gasteiger partial charge < -0.3 is 13.9 Å². The summed E-state index contributed by atoms with van der Waals surface area (Å²) in [6, 6.07) is 25.5. The Kier molecular flexibility index (Phi) is 6.13. The third-order valence-electron chi connectivity index (χ3n) is 5.62. The Labute approximate surface area is 202 Å². The van der Waals surface area contributed by atoms with Crippen LogP contribution in [0.15, 0.2) is 94.4 Å². The van der Waals surface area contributed by atoms with Crippen LogP contribution in [0.2, 0.25) is 0 Å². The van der Waals surface area contributed by atoms with E-state index in [1.54, 1.807) is 43.3 Å². The van der Waals surface area contributed by atoms with Crippen molar-refractivity contribution in [1.29, 1.82) is 0 Å². The van der Waals surface area contributed by atoms with Crippen LogP contribution in [0.5, 0.6) is 11.5 Å². The molecule has 1 aliphatic heterocycles. The average molecular weight is 466 g/mol. The minimum Gasteiger partial charge on any atom is -0.462 e. The number of rotatable bonds is 6. The summed E-state index contributed by atoms with van der Waals surface area (Å²) in [5.41, 5.74) is 5.47. The molecule has 0 aliphatic carbocycles. The lowest BCUT2D eigenvalue weighted by molar-refractivity contribution is -0.121. The van der Waals surface area contributed by atoms with E-state index >= 15 is 0 Å². The number of fused-ring (bicyclic) bond motifs is 2. The molecule has 2 heterocycles. The molecule has 0 saturated heterocycles. The van der Waals surface area contributed by atoms with Crippen molar-refractivity contribution in [3.8, 4) is 22.8 Å². The Balaban J connectivity index is 1.29. The summed E-state index contributed by atoms with van der Waals surface area (Å²) in [6.07, 6.45) is 1.45. The van der Waals surface area contributed by atoms with Crippen LogP contribution in [0.4, 0.5) is 0 Å². The number of hydrogen-bond donors (Lipinski definition) is 1. The lowest BCUT2D eigenvalue weighted by Crippen LogP contribution is -2.28. The number of hydrogen-bond acceptors (Lipinski definition) is 6. The fourth-order valence-electron chi connectivity index (χ4n) is 3.98. The summed E-state index contributed by atoms with van der Waals surface area (Å²) in [7, 11) is 0. The number of carbonyl (C=O) groups is 2. The van der Waals surface area contributed by atoms with E-state index in [2.05, 4.69) is 10.5 Å². The summed E-state index contributed by atoms with van der Waals surface area (Å²) in [4.78, 5) is 24.9. The zero-order valence-electron chi connectivity index (χ0n) is 18.9. The van der Waals surface area contributed by atoms with Gasteiger partial charge in [-0.25, -0.2) is 10.2 Å². The number of amides is 1. The molecule has 1 N–H and O–H groups in total. The maximum Gasteiger partial charge on any atom is 0.338 e. The van der Waals surface area contributed by atoms with Crippen molar-refractivity contribution in [1.82, 2.24) is 5.43 Å². The second kappa shape index (κ2) is 9.69. The van der Waals surface area contributed by atoms with Gasteiger partial charge in [-0.15, -0.1) is 0 Å². The maximum atomic E-state index is 13.1. The van der Waals surface area contributed by atoms with Gasteiger partial charge in [0, 0.05) is 16.7 Å². The van der Waals surface area contributed by atoms with E-state index in [-0.39, 0.29) is 11.9 Å². The van der Waals surface area contributed by atoms with Gasteiger partial charge in [-0.05, 0) is 43.3 Å². The van der Waals surface area contributed by atoms with Crippen LogP contribution in [0.3, 0.4) is 0 Å². The summed E-state index contributed by atoms with van der Waals surface area (Å²) in [5, 5.41) is 4.11. The minimum atomic E-state index is -0.543. The fraction of sp³-hybridized carbons (Fsp3) is 0.107. The second-order valence-corrected chi connectivity index (χ2v) is 7.84. The van der Waals surface area contributed by atoms with Crippen molar-refractivity contribution in [2.24, 2.45) is 5.10 Å². The fourth-order valence-corrected chi connectivity index (χ4v) is 3.98. The molecule has 0 fully saturated rings. The molecule has 7 heteroatoms. The van der Waals surface area contributed by atoms with E-state index in [1.165, 1.54) is 6.21 Å². The molecule has 1 amide bonds. The van der Waals surface area contributed by atoms with Crippen molar-refractivity contribution in [3.63, 3.8) is 0 Å². The molecule has 1 aromatic heterocycles. The molecule has 4 aromatic rings. The molecular formula is C28H22N2O5. The van der Waals surface area contributed by atoms with Crippen molar-refractivity contribution in [2.45, 2.75) is 12.8 Å². The van der Waals surface area contributed by atoms with Crippen LogP contribution in [-0.2, 0) is 9.53 Å². The number of hydrazone groups is 1. The number of ether oxygens (including phenoxy) is 2. The molecule has 174 valence electrons. The Bertz CT molecular complexity index is 1360. The lowest BCUT2D eigenvalue weighted by atomic mass is 9.87. The lowest BCUT2D eigenvalue weighted by Gasteiger charge is -2.26. The van der Waals surface area contributed by atoms with Gasteiger partial charge in [0.2, 0.25) is 0 Å². The molecule has 0 radical (unpaired) electrons. The predicted octanol–water partition coefficient (Wildman–Crippen LogP) is 5.51. The zero-order valence-corrected chi connectivity index (χ0v) is 18.9. The highest BCUT2D eigenvalue weighted by Gasteiger charge is 2.32. The number of nitrogens with zero attached hydrogens (tertiary/aromatic N) is 1. The number of carbonyl (C=O) groups excluding carboxylic acids is 2. The number of esters is 1. The Hall–Kier alpha value is -4.65. The van der Waals surface area contributed by atoms with Crippen LogP contribution >= 0.6 is 0 Å². The molecule has 0 spiro atoms. The highest BCUT2D eigenvalue weighted by molar-refractivity contribution is 5.91. The van der Waals surface area contributed by atoms with Gasteiger partial charge in [0.1, 0.15) is 23.0 Å². The maximum absolute atomic E-state index is 13.1. The smallest absolute Gasteiger partial charge is 0.338 e. The summed E-state index contributed by atoms with van der Waals surface area (Å²) in [6.45, 7) is 2.09. The first kappa shape index (κ1) is 22.2. The first-order valence-corrected chi connectivity index (χ1v) is 11.2. The van der Waals surface area contributed by atoms with E-state index in [4.69, 9.17) is 13.9 Å². The first-order chi connectivity index (χ1) is 17.1. The monoisotopic (exact) mass is 466 g/mol. The number of para-hydroxylation sites is 2.